The molecule has 7 nitrogen and oxygen atoms in total. The predicted molar refractivity (Wildman–Crippen MR) is 135 cm³/mol. The molecule has 35 heavy (non-hydrogen) atoms. The summed E-state index contributed by atoms with van der Waals surface area (Å²) in [5.41, 5.74) is 5.32. The topological polar surface area (TPSA) is 88.7 Å². The van der Waals surface area contributed by atoms with Gasteiger partial charge in [0.25, 0.3) is 0 Å². The van der Waals surface area contributed by atoms with Gasteiger partial charge in [0.2, 0.25) is 0 Å². The highest BCUT2D eigenvalue weighted by molar-refractivity contribution is 7.22. The maximum atomic E-state index is 11.3. The Morgan fingerprint density at radius 2 is 1.97 bits per heavy atom. The highest BCUT2D eigenvalue weighted by atomic mass is 32.1. The van der Waals surface area contributed by atoms with Crippen LogP contribution in [0, 0.1) is 6.92 Å². The predicted octanol–water partition coefficient (Wildman–Crippen LogP) is 6.02. The van der Waals surface area contributed by atoms with Crippen LogP contribution in [0.5, 0.6) is 0 Å². The van der Waals surface area contributed by atoms with Crippen molar-refractivity contribution in [2.45, 2.75) is 51.2 Å². The first-order valence-electron chi connectivity index (χ1n) is 12.1. The molecule has 1 saturated carbocycles. The molecule has 6 rings (SSSR count). The summed E-state index contributed by atoms with van der Waals surface area (Å²) in [5.74, 6) is 0.542. The van der Waals surface area contributed by atoms with Crippen LogP contribution in [0.25, 0.3) is 21.5 Å². The number of anilines is 1. The van der Waals surface area contributed by atoms with E-state index in [1.165, 1.54) is 5.56 Å². The minimum atomic E-state index is -0.928. The molecule has 0 spiro atoms. The molecule has 3 heterocycles. The van der Waals surface area contributed by atoms with E-state index in [1.807, 2.05) is 18.2 Å². The van der Waals surface area contributed by atoms with E-state index in [0.717, 1.165) is 76.7 Å². The second-order valence-electron chi connectivity index (χ2n) is 9.44. The number of benzene rings is 2. The summed E-state index contributed by atoms with van der Waals surface area (Å²) in [4.78, 5) is 18.2. The Hall–Kier alpha value is -3.23. The van der Waals surface area contributed by atoms with E-state index >= 15 is 0 Å². The van der Waals surface area contributed by atoms with Crippen molar-refractivity contribution in [1.82, 2.24) is 10.1 Å². The lowest BCUT2D eigenvalue weighted by Gasteiger charge is -2.31. The minimum absolute atomic E-state index is 0.172. The first-order chi connectivity index (χ1) is 17.1. The fraction of sp³-hybridized carbons (Fsp3) is 0.370. The van der Waals surface area contributed by atoms with E-state index < -0.39 is 5.97 Å². The summed E-state index contributed by atoms with van der Waals surface area (Å²) in [6.45, 7) is 4.34. The Morgan fingerprint density at radius 1 is 1.17 bits per heavy atom. The van der Waals surface area contributed by atoms with Crippen LogP contribution in [0.2, 0.25) is 0 Å². The van der Waals surface area contributed by atoms with Crippen molar-refractivity contribution >= 4 is 32.7 Å². The summed E-state index contributed by atoms with van der Waals surface area (Å²) >= 11 is 1.61. The standard InChI is InChI=1S/C27H27N3O4S/c1-16-4-2-3-5-20(16)24-21(25(34-29-24)17-6-7-17)15-33-19-10-12-30(13-11-19)27-28-22-14-18(26(31)32)8-9-23(22)35-27/h2-5,8-9,14,17,19H,6-7,10-13,15H2,1H3,(H,31,32). The number of fused-ring (bicyclic) bond motifs is 1. The van der Waals surface area contributed by atoms with E-state index in [1.54, 1.807) is 23.5 Å². The number of piperidine rings is 1. The monoisotopic (exact) mass is 489 g/mol. The van der Waals surface area contributed by atoms with Gasteiger partial charge in [-0.15, -0.1) is 0 Å². The van der Waals surface area contributed by atoms with Gasteiger partial charge >= 0.3 is 5.97 Å². The minimum Gasteiger partial charge on any atom is -0.478 e. The number of ether oxygens (including phenoxy) is 1. The molecule has 0 unspecified atom stereocenters. The van der Waals surface area contributed by atoms with Gasteiger partial charge in [-0.3, -0.25) is 0 Å². The van der Waals surface area contributed by atoms with Crippen molar-refractivity contribution in [2.24, 2.45) is 0 Å². The van der Waals surface area contributed by atoms with Crippen LogP contribution < -0.4 is 4.90 Å². The van der Waals surface area contributed by atoms with Gasteiger partial charge in [-0.2, -0.15) is 0 Å². The molecule has 2 aromatic heterocycles. The van der Waals surface area contributed by atoms with Gasteiger partial charge in [0.15, 0.2) is 5.13 Å². The van der Waals surface area contributed by atoms with Gasteiger partial charge in [0.05, 0.1) is 28.5 Å². The normalized spacial score (nSPS) is 16.8. The van der Waals surface area contributed by atoms with Crippen molar-refractivity contribution in [3.05, 3.63) is 64.9 Å². The number of carboxylic acids is 1. The fourth-order valence-corrected chi connectivity index (χ4v) is 5.77. The van der Waals surface area contributed by atoms with Gasteiger partial charge < -0.3 is 19.3 Å². The number of aromatic carboxylic acids is 1. The van der Waals surface area contributed by atoms with Crippen molar-refractivity contribution < 1.29 is 19.2 Å². The molecule has 0 bridgehead atoms. The van der Waals surface area contributed by atoms with Gasteiger partial charge in [0.1, 0.15) is 11.5 Å². The molecule has 2 aliphatic rings. The number of hydrogen-bond donors (Lipinski definition) is 1. The van der Waals surface area contributed by atoms with E-state index in [4.69, 9.17) is 14.2 Å². The second-order valence-corrected chi connectivity index (χ2v) is 10.5. The molecule has 0 amide bonds. The quantitative estimate of drug-likeness (QED) is 0.339. The van der Waals surface area contributed by atoms with Crippen molar-refractivity contribution in [3.63, 3.8) is 0 Å². The van der Waals surface area contributed by atoms with Crippen molar-refractivity contribution in [3.8, 4) is 11.3 Å². The third-order valence-electron chi connectivity index (χ3n) is 6.97. The van der Waals surface area contributed by atoms with Crippen LogP contribution in [0.15, 0.2) is 47.0 Å². The molecule has 2 aromatic carbocycles. The van der Waals surface area contributed by atoms with E-state index in [2.05, 4.69) is 29.1 Å². The third kappa shape index (κ3) is 4.44. The summed E-state index contributed by atoms with van der Waals surface area (Å²) in [5, 5.41) is 14.6. The number of carboxylic acid groups (broad SMARTS) is 1. The highest BCUT2D eigenvalue weighted by Gasteiger charge is 2.33. The lowest BCUT2D eigenvalue weighted by molar-refractivity contribution is 0.0246. The zero-order valence-corrected chi connectivity index (χ0v) is 20.4. The summed E-state index contributed by atoms with van der Waals surface area (Å²) in [7, 11) is 0. The molecule has 8 heteroatoms. The number of aromatic nitrogens is 2. The molecule has 2 fully saturated rings. The first-order valence-corrected chi connectivity index (χ1v) is 12.9. The number of carbonyl (C=O) groups is 1. The molecule has 1 saturated heterocycles. The maximum Gasteiger partial charge on any atom is 0.335 e. The molecule has 1 aliphatic heterocycles. The molecule has 4 aromatic rings. The summed E-state index contributed by atoms with van der Waals surface area (Å²) in [6, 6.07) is 13.4. The fourth-order valence-electron chi connectivity index (χ4n) is 4.78. The molecule has 1 aliphatic carbocycles. The van der Waals surface area contributed by atoms with Gasteiger partial charge in [-0.1, -0.05) is 40.8 Å². The smallest absolute Gasteiger partial charge is 0.335 e. The van der Waals surface area contributed by atoms with Crippen LogP contribution in [0.3, 0.4) is 0 Å². The van der Waals surface area contributed by atoms with E-state index in [-0.39, 0.29) is 11.7 Å². The largest absolute Gasteiger partial charge is 0.478 e. The SMILES string of the molecule is Cc1ccccc1-c1noc(C2CC2)c1COC1CCN(c2nc3cc(C(=O)O)ccc3s2)CC1. The van der Waals surface area contributed by atoms with Crippen molar-refractivity contribution in [2.75, 3.05) is 18.0 Å². The van der Waals surface area contributed by atoms with Gasteiger partial charge in [-0.25, -0.2) is 9.78 Å². The van der Waals surface area contributed by atoms with Crippen LogP contribution >= 0.6 is 11.3 Å². The second kappa shape index (κ2) is 9.09. The average Bonchev–Trinajstić information content (AvgIpc) is 3.48. The Morgan fingerprint density at radius 3 is 2.71 bits per heavy atom. The van der Waals surface area contributed by atoms with Crippen LogP contribution in [0.4, 0.5) is 5.13 Å². The molecule has 0 radical (unpaired) electrons. The van der Waals surface area contributed by atoms with Crippen LogP contribution in [-0.2, 0) is 11.3 Å². The maximum absolute atomic E-state index is 11.3. The summed E-state index contributed by atoms with van der Waals surface area (Å²) < 4.78 is 13.2. The Balaban J connectivity index is 1.13. The number of aryl methyl sites for hydroxylation is 1. The van der Waals surface area contributed by atoms with Crippen LogP contribution in [0.1, 0.15) is 58.8 Å². The molecule has 1 N–H and O–H groups in total. The lowest BCUT2D eigenvalue weighted by Crippen LogP contribution is -2.37. The Bertz CT molecular complexity index is 1380. The number of hydrogen-bond acceptors (Lipinski definition) is 7. The number of thiazole rings is 1. The average molecular weight is 490 g/mol. The third-order valence-corrected chi connectivity index (χ3v) is 8.06. The molecular formula is C27H27N3O4S. The zero-order chi connectivity index (χ0) is 23.9. The summed E-state index contributed by atoms with van der Waals surface area (Å²) in [6.07, 6.45) is 4.32. The molecule has 180 valence electrons. The van der Waals surface area contributed by atoms with Crippen molar-refractivity contribution in [1.29, 1.82) is 0 Å². The Labute approximate surface area is 207 Å². The van der Waals surface area contributed by atoms with Gasteiger partial charge in [0, 0.05) is 30.1 Å². The molecule has 0 atom stereocenters. The first kappa shape index (κ1) is 22.2. The Kier molecular flexibility index (Phi) is 5.78. The highest BCUT2D eigenvalue weighted by Crippen LogP contribution is 2.44. The zero-order valence-electron chi connectivity index (χ0n) is 19.6. The van der Waals surface area contributed by atoms with E-state index in [9.17, 15) is 9.90 Å². The van der Waals surface area contributed by atoms with Crippen LogP contribution in [-0.4, -0.2) is 40.4 Å². The number of rotatable bonds is 7. The van der Waals surface area contributed by atoms with E-state index in [0.29, 0.717) is 12.5 Å². The molecular weight excluding hydrogens is 462 g/mol. The number of nitrogens with zero attached hydrogens (tertiary/aromatic N) is 3. The lowest BCUT2D eigenvalue weighted by atomic mass is 10.0. The van der Waals surface area contributed by atoms with Gasteiger partial charge in [-0.05, 0) is 56.4 Å².